The maximum absolute atomic E-state index is 11.7. The van der Waals surface area contributed by atoms with Crippen LogP contribution in [0.4, 0.5) is 0 Å². The Kier molecular flexibility index (Phi) is 6.02. The first kappa shape index (κ1) is 17.3. The molecule has 0 fully saturated rings. The minimum absolute atomic E-state index is 0.139. The standard InChI is InChI=1S/C17H16Cl2N2O2/c1-11-7-14(8-12(2)17(11)19)23-10-16(22)21-20-9-13-5-3-4-6-15(13)18/h3-9H,10H2,1-2H3,(H,21,22). The van der Waals surface area contributed by atoms with Gasteiger partial charge in [0.1, 0.15) is 5.75 Å². The van der Waals surface area contributed by atoms with Gasteiger partial charge in [0.2, 0.25) is 0 Å². The fourth-order valence-corrected chi connectivity index (χ4v) is 2.22. The van der Waals surface area contributed by atoms with Crippen molar-refractivity contribution in [1.29, 1.82) is 0 Å². The Labute approximate surface area is 145 Å². The minimum Gasteiger partial charge on any atom is -0.484 e. The van der Waals surface area contributed by atoms with Crippen molar-refractivity contribution in [3.05, 3.63) is 63.1 Å². The highest BCUT2D eigenvalue weighted by Gasteiger charge is 2.06. The van der Waals surface area contributed by atoms with Crippen molar-refractivity contribution >= 4 is 35.3 Å². The lowest BCUT2D eigenvalue weighted by molar-refractivity contribution is -0.123. The molecule has 23 heavy (non-hydrogen) atoms. The molecule has 0 saturated heterocycles. The third kappa shape index (κ3) is 4.98. The van der Waals surface area contributed by atoms with Gasteiger partial charge in [-0.2, -0.15) is 5.10 Å². The second-order valence-electron chi connectivity index (χ2n) is 4.97. The summed E-state index contributed by atoms with van der Waals surface area (Å²) in [6.45, 7) is 3.63. The smallest absolute Gasteiger partial charge is 0.277 e. The predicted octanol–water partition coefficient (Wildman–Crippen LogP) is 4.14. The van der Waals surface area contributed by atoms with E-state index in [1.54, 1.807) is 24.3 Å². The number of nitrogens with zero attached hydrogens (tertiary/aromatic N) is 1. The average molecular weight is 351 g/mol. The number of carbonyl (C=O) groups is 1. The van der Waals surface area contributed by atoms with E-state index in [1.807, 2.05) is 26.0 Å². The van der Waals surface area contributed by atoms with E-state index in [1.165, 1.54) is 6.21 Å². The van der Waals surface area contributed by atoms with E-state index in [4.69, 9.17) is 27.9 Å². The van der Waals surface area contributed by atoms with Crippen LogP contribution in [0, 0.1) is 13.8 Å². The summed E-state index contributed by atoms with van der Waals surface area (Å²) < 4.78 is 5.44. The number of halogens is 2. The van der Waals surface area contributed by atoms with Crippen molar-refractivity contribution in [3.63, 3.8) is 0 Å². The van der Waals surface area contributed by atoms with Gasteiger partial charge in [0, 0.05) is 15.6 Å². The third-order valence-corrected chi connectivity index (χ3v) is 4.02. The molecule has 2 aromatic rings. The van der Waals surface area contributed by atoms with Crippen LogP contribution in [0.2, 0.25) is 10.0 Å². The Bertz CT molecular complexity index is 722. The molecule has 2 aromatic carbocycles. The third-order valence-electron chi connectivity index (χ3n) is 3.08. The molecule has 0 aromatic heterocycles. The van der Waals surface area contributed by atoms with Gasteiger partial charge in [-0.05, 0) is 43.2 Å². The van der Waals surface area contributed by atoms with Crippen molar-refractivity contribution in [1.82, 2.24) is 5.43 Å². The number of hydrogen-bond acceptors (Lipinski definition) is 3. The Morgan fingerprint density at radius 2 is 1.87 bits per heavy atom. The van der Waals surface area contributed by atoms with Crippen LogP contribution in [0.1, 0.15) is 16.7 Å². The molecule has 0 spiro atoms. The number of nitrogens with one attached hydrogen (secondary N) is 1. The van der Waals surface area contributed by atoms with Crippen LogP contribution in [0.3, 0.4) is 0 Å². The van der Waals surface area contributed by atoms with Crippen LogP contribution in [-0.4, -0.2) is 18.7 Å². The predicted molar refractivity (Wildman–Crippen MR) is 93.6 cm³/mol. The van der Waals surface area contributed by atoms with Gasteiger partial charge in [0.15, 0.2) is 6.61 Å². The molecule has 0 atom stereocenters. The molecular weight excluding hydrogens is 335 g/mol. The molecule has 1 amide bonds. The lowest BCUT2D eigenvalue weighted by Crippen LogP contribution is -2.24. The van der Waals surface area contributed by atoms with E-state index in [0.29, 0.717) is 15.8 Å². The Morgan fingerprint density at radius 1 is 1.22 bits per heavy atom. The van der Waals surface area contributed by atoms with Gasteiger partial charge in [-0.25, -0.2) is 5.43 Å². The number of aryl methyl sites for hydroxylation is 2. The second kappa shape index (κ2) is 7.99. The molecule has 0 radical (unpaired) electrons. The van der Waals surface area contributed by atoms with Gasteiger partial charge < -0.3 is 4.74 Å². The summed E-state index contributed by atoms with van der Waals surface area (Å²) >= 11 is 12.1. The molecule has 0 unspecified atom stereocenters. The monoisotopic (exact) mass is 350 g/mol. The lowest BCUT2D eigenvalue weighted by Gasteiger charge is -2.09. The number of ether oxygens (including phenoxy) is 1. The van der Waals surface area contributed by atoms with Crippen LogP contribution in [0.25, 0.3) is 0 Å². The highest BCUT2D eigenvalue weighted by molar-refractivity contribution is 6.33. The Balaban J connectivity index is 1.87. The summed E-state index contributed by atoms with van der Waals surface area (Å²) in [5.74, 6) is 0.230. The largest absolute Gasteiger partial charge is 0.484 e. The van der Waals surface area contributed by atoms with E-state index >= 15 is 0 Å². The molecule has 0 aliphatic heterocycles. The minimum atomic E-state index is -0.362. The first-order chi connectivity index (χ1) is 11.0. The maximum Gasteiger partial charge on any atom is 0.277 e. The SMILES string of the molecule is Cc1cc(OCC(=O)NN=Cc2ccccc2Cl)cc(C)c1Cl. The summed E-state index contributed by atoms with van der Waals surface area (Å²) in [6.07, 6.45) is 1.48. The Morgan fingerprint density at radius 3 is 2.52 bits per heavy atom. The van der Waals surface area contributed by atoms with E-state index in [9.17, 15) is 4.79 Å². The van der Waals surface area contributed by atoms with Crippen molar-refractivity contribution in [2.24, 2.45) is 5.10 Å². The fourth-order valence-electron chi connectivity index (χ4n) is 1.92. The number of rotatable bonds is 5. The van der Waals surface area contributed by atoms with Crippen LogP contribution in [0.5, 0.6) is 5.75 Å². The maximum atomic E-state index is 11.7. The number of hydrazone groups is 1. The first-order valence-electron chi connectivity index (χ1n) is 6.93. The Hall–Kier alpha value is -2.04. The number of benzene rings is 2. The normalized spacial score (nSPS) is 10.8. The first-order valence-corrected chi connectivity index (χ1v) is 7.69. The molecule has 120 valence electrons. The van der Waals surface area contributed by atoms with Crippen LogP contribution < -0.4 is 10.2 Å². The summed E-state index contributed by atoms with van der Waals surface area (Å²) in [4.78, 5) is 11.7. The number of hydrogen-bond donors (Lipinski definition) is 1. The van der Waals surface area contributed by atoms with Gasteiger partial charge in [-0.3, -0.25) is 4.79 Å². The van der Waals surface area contributed by atoms with Crippen LogP contribution >= 0.6 is 23.2 Å². The molecule has 0 saturated carbocycles. The fraction of sp³-hybridized carbons (Fsp3) is 0.176. The second-order valence-corrected chi connectivity index (χ2v) is 5.76. The quantitative estimate of drug-likeness (QED) is 0.650. The average Bonchev–Trinajstić information content (AvgIpc) is 2.52. The van der Waals surface area contributed by atoms with E-state index in [-0.39, 0.29) is 12.5 Å². The molecule has 4 nitrogen and oxygen atoms in total. The molecule has 0 bridgehead atoms. The molecule has 1 N–H and O–H groups in total. The van der Waals surface area contributed by atoms with Crippen molar-refractivity contribution in [2.75, 3.05) is 6.61 Å². The van der Waals surface area contributed by atoms with Crippen molar-refractivity contribution in [2.45, 2.75) is 13.8 Å². The van der Waals surface area contributed by atoms with E-state index in [2.05, 4.69) is 10.5 Å². The summed E-state index contributed by atoms with van der Waals surface area (Å²) in [5, 5.41) is 5.12. The van der Waals surface area contributed by atoms with Gasteiger partial charge in [-0.15, -0.1) is 0 Å². The van der Waals surface area contributed by atoms with Crippen molar-refractivity contribution < 1.29 is 9.53 Å². The zero-order valence-corrected chi connectivity index (χ0v) is 14.3. The van der Waals surface area contributed by atoms with Gasteiger partial charge in [-0.1, -0.05) is 41.4 Å². The lowest BCUT2D eigenvalue weighted by atomic mass is 10.1. The molecule has 0 heterocycles. The van der Waals surface area contributed by atoms with Gasteiger partial charge in [0.25, 0.3) is 5.91 Å². The summed E-state index contributed by atoms with van der Waals surface area (Å²) in [7, 11) is 0. The summed E-state index contributed by atoms with van der Waals surface area (Å²) in [6, 6.07) is 10.8. The molecule has 0 aliphatic carbocycles. The van der Waals surface area contributed by atoms with Gasteiger partial charge in [0.05, 0.1) is 6.21 Å². The van der Waals surface area contributed by atoms with Crippen molar-refractivity contribution in [3.8, 4) is 5.75 Å². The zero-order valence-electron chi connectivity index (χ0n) is 12.8. The van der Waals surface area contributed by atoms with E-state index in [0.717, 1.165) is 16.7 Å². The molecule has 0 aliphatic rings. The van der Waals surface area contributed by atoms with Gasteiger partial charge >= 0.3 is 0 Å². The highest BCUT2D eigenvalue weighted by Crippen LogP contribution is 2.25. The number of amides is 1. The topological polar surface area (TPSA) is 50.7 Å². The summed E-state index contributed by atoms with van der Waals surface area (Å²) in [5.41, 5.74) is 4.91. The van der Waals surface area contributed by atoms with E-state index < -0.39 is 0 Å². The van der Waals surface area contributed by atoms with Crippen LogP contribution in [-0.2, 0) is 4.79 Å². The molecular formula is C17H16Cl2N2O2. The highest BCUT2D eigenvalue weighted by atomic mass is 35.5. The van der Waals surface area contributed by atoms with Crippen LogP contribution in [0.15, 0.2) is 41.5 Å². The number of carbonyl (C=O) groups excluding carboxylic acids is 1. The zero-order chi connectivity index (χ0) is 16.8. The molecule has 2 rings (SSSR count). The molecule has 6 heteroatoms.